The normalized spacial score (nSPS) is 10.0. The Morgan fingerprint density at radius 3 is 3.21 bits per heavy atom. The molecule has 0 aromatic carbocycles. The van der Waals surface area contributed by atoms with Gasteiger partial charge >= 0.3 is 0 Å². The molecule has 2 N–H and O–H groups in total. The molecule has 0 unspecified atom stereocenters. The van der Waals surface area contributed by atoms with Crippen LogP contribution in [0.15, 0.2) is 29.1 Å². The Labute approximate surface area is 79.3 Å². The Morgan fingerprint density at radius 1 is 1.64 bits per heavy atom. The minimum Gasteiger partial charge on any atom is -0.459 e. The van der Waals surface area contributed by atoms with Crippen LogP contribution in [0.1, 0.15) is 16.4 Å². The lowest BCUT2D eigenvalue weighted by Gasteiger charge is -1.98. The molecule has 1 amide bonds. The molecule has 0 aliphatic rings. The Kier molecular flexibility index (Phi) is 2.26. The van der Waals surface area contributed by atoms with Gasteiger partial charge in [-0.1, -0.05) is 0 Å². The Hall–Kier alpha value is -2.11. The van der Waals surface area contributed by atoms with Gasteiger partial charge in [0.2, 0.25) is 0 Å². The third kappa shape index (κ3) is 1.79. The molecule has 2 aromatic heterocycles. The van der Waals surface area contributed by atoms with Gasteiger partial charge in [-0.25, -0.2) is 4.98 Å². The smallest absolute Gasteiger partial charge is 0.287 e. The number of furan rings is 1. The fourth-order valence-corrected chi connectivity index (χ4v) is 0.975. The van der Waals surface area contributed by atoms with Crippen molar-refractivity contribution >= 4 is 5.91 Å². The predicted octanol–water partition coefficient (Wildman–Crippen LogP) is 0.328. The highest BCUT2D eigenvalue weighted by molar-refractivity contribution is 5.91. The van der Waals surface area contributed by atoms with Crippen molar-refractivity contribution in [3.05, 3.63) is 36.3 Å². The summed E-state index contributed by atoms with van der Waals surface area (Å²) in [5, 5.41) is 8.90. The number of hydrogen-bond donors (Lipinski definition) is 2. The van der Waals surface area contributed by atoms with Gasteiger partial charge in [-0.15, -0.1) is 0 Å². The average Bonchev–Trinajstić information content (AvgIpc) is 2.87. The monoisotopic (exact) mass is 192 g/mol. The van der Waals surface area contributed by atoms with Crippen LogP contribution in [-0.2, 0) is 6.54 Å². The van der Waals surface area contributed by atoms with Gasteiger partial charge < -0.3 is 9.73 Å². The van der Waals surface area contributed by atoms with Gasteiger partial charge in [0.25, 0.3) is 5.91 Å². The highest BCUT2D eigenvalue weighted by atomic mass is 16.3. The molecule has 0 spiro atoms. The van der Waals surface area contributed by atoms with E-state index in [0.717, 1.165) is 0 Å². The van der Waals surface area contributed by atoms with E-state index in [-0.39, 0.29) is 11.7 Å². The summed E-state index contributed by atoms with van der Waals surface area (Å²) in [6.07, 6.45) is 2.83. The van der Waals surface area contributed by atoms with E-state index in [2.05, 4.69) is 20.5 Å². The number of amides is 1. The van der Waals surface area contributed by atoms with E-state index in [1.807, 2.05) is 0 Å². The summed E-state index contributed by atoms with van der Waals surface area (Å²) in [4.78, 5) is 15.2. The first kappa shape index (κ1) is 8.49. The zero-order valence-electron chi connectivity index (χ0n) is 7.23. The summed E-state index contributed by atoms with van der Waals surface area (Å²) in [6.45, 7) is 0.305. The zero-order chi connectivity index (χ0) is 9.80. The van der Waals surface area contributed by atoms with Crippen molar-refractivity contribution in [2.75, 3.05) is 0 Å². The highest BCUT2D eigenvalue weighted by Gasteiger charge is 2.07. The van der Waals surface area contributed by atoms with Crippen LogP contribution in [-0.4, -0.2) is 21.1 Å². The van der Waals surface area contributed by atoms with E-state index in [9.17, 15) is 4.79 Å². The third-order valence-corrected chi connectivity index (χ3v) is 1.63. The maximum absolute atomic E-state index is 11.3. The number of hydrogen-bond acceptors (Lipinski definition) is 4. The molecule has 14 heavy (non-hydrogen) atoms. The molecule has 0 atom stereocenters. The van der Waals surface area contributed by atoms with Crippen molar-refractivity contribution in [2.45, 2.75) is 6.54 Å². The number of nitrogens with zero attached hydrogens (tertiary/aromatic N) is 2. The molecule has 6 heteroatoms. The zero-order valence-corrected chi connectivity index (χ0v) is 7.23. The lowest BCUT2D eigenvalue weighted by Crippen LogP contribution is -2.22. The maximum atomic E-state index is 11.3. The topological polar surface area (TPSA) is 83.8 Å². The minimum atomic E-state index is -0.272. The molecular weight excluding hydrogens is 184 g/mol. The third-order valence-electron chi connectivity index (χ3n) is 1.63. The van der Waals surface area contributed by atoms with Crippen molar-refractivity contribution in [1.82, 2.24) is 20.5 Å². The molecule has 0 radical (unpaired) electrons. The van der Waals surface area contributed by atoms with E-state index in [1.165, 1.54) is 12.6 Å². The molecule has 2 heterocycles. The van der Waals surface area contributed by atoms with Crippen LogP contribution in [0.5, 0.6) is 0 Å². The van der Waals surface area contributed by atoms with E-state index in [4.69, 9.17) is 4.42 Å². The highest BCUT2D eigenvalue weighted by Crippen LogP contribution is 1.99. The summed E-state index contributed by atoms with van der Waals surface area (Å²) in [5.41, 5.74) is 0. The van der Waals surface area contributed by atoms with Crippen molar-refractivity contribution in [3.63, 3.8) is 0 Å². The fraction of sp³-hybridized carbons (Fsp3) is 0.125. The molecule has 72 valence electrons. The Bertz CT molecular complexity index is 393. The van der Waals surface area contributed by atoms with E-state index in [1.54, 1.807) is 12.1 Å². The fourth-order valence-electron chi connectivity index (χ4n) is 0.975. The summed E-state index contributed by atoms with van der Waals surface area (Å²) in [6, 6.07) is 3.25. The van der Waals surface area contributed by atoms with Crippen LogP contribution < -0.4 is 5.32 Å². The van der Waals surface area contributed by atoms with E-state index >= 15 is 0 Å². The molecule has 0 saturated carbocycles. The molecular formula is C8H8N4O2. The largest absolute Gasteiger partial charge is 0.459 e. The molecule has 0 bridgehead atoms. The number of aromatic nitrogens is 3. The van der Waals surface area contributed by atoms with E-state index < -0.39 is 0 Å². The lowest BCUT2D eigenvalue weighted by atomic mass is 10.4. The van der Waals surface area contributed by atoms with Gasteiger partial charge in [0.05, 0.1) is 12.8 Å². The number of aromatic amines is 1. The first-order chi connectivity index (χ1) is 6.86. The van der Waals surface area contributed by atoms with Crippen LogP contribution in [0.2, 0.25) is 0 Å². The molecule has 0 aliphatic heterocycles. The van der Waals surface area contributed by atoms with Crippen molar-refractivity contribution in [3.8, 4) is 0 Å². The van der Waals surface area contributed by atoms with Crippen LogP contribution in [0.4, 0.5) is 0 Å². The molecule has 6 nitrogen and oxygen atoms in total. The molecule has 2 aromatic rings. The van der Waals surface area contributed by atoms with Gasteiger partial charge in [-0.3, -0.25) is 9.89 Å². The Morgan fingerprint density at radius 2 is 2.57 bits per heavy atom. The predicted molar refractivity (Wildman–Crippen MR) is 46.3 cm³/mol. The number of H-pyrrole nitrogens is 1. The quantitative estimate of drug-likeness (QED) is 0.733. The molecule has 2 rings (SSSR count). The maximum Gasteiger partial charge on any atom is 0.287 e. The van der Waals surface area contributed by atoms with Gasteiger partial charge in [-0.2, -0.15) is 5.10 Å². The molecule has 0 saturated heterocycles. The number of nitrogens with one attached hydrogen (secondary N) is 2. The standard InChI is InChI=1S/C8H8N4O2/c13-8(6-2-1-3-14-6)9-4-7-10-5-11-12-7/h1-3,5H,4H2,(H,9,13)(H,10,11,12). The summed E-state index contributed by atoms with van der Waals surface area (Å²) >= 11 is 0. The van der Waals surface area contributed by atoms with Gasteiger partial charge in [0.1, 0.15) is 12.2 Å². The van der Waals surface area contributed by atoms with Crippen LogP contribution in [0.25, 0.3) is 0 Å². The van der Waals surface area contributed by atoms with Crippen molar-refractivity contribution in [2.24, 2.45) is 0 Å². The second kappa shape index (κ2) is 3.73. The van der Waals surface area contributed by atoms with Crippen molar-refractivity contribution in [1.29, 1.82) is 0 Å². The van der Waals surface area contributed by atoms with Gasteiger partial charge in [-0.05, 0) is 12.1 Å². The van der Waals surface area contributed by atoms with E-state index in [0.29, 0.717) is 12.4 Å². The minimum absolute atomic E-state index is 0.272. The van der Waals surface area contributed by atoms with Crippen molar-refractivity contribution < 1.29 is 9.21 Å². The summed E-state index contributed by atoms with van der Waals surface area (Å²) in [5.74, 6) is 0.612. The molecule has 0 aliphatic carbocycles. The second-order valence-electron chi connectivity index (χ2n) is 2.59. The second-order valence-corrected chi connectivity index (χ2v) is 2.59. The number of rotatable bonds is 3. The first-order valence-electron chi connectivity index (χ1n) is 4.02. The lowest BCUT2D eigenvalue weighted by molar-refractivity contribution is 0.0922. The number of carbonyl (C=O) groups is 1. The number of carbonyl (C=O) groups excluding carboxylic acids is 1. The molecule has 0 fully saturated rings. The first-order valence-corrected chi connectivity index (χ1v) is 4.02. The van der Waals surface area contributed by atoms with Crippen LogP contribution in [0, 0.1) is 0 Å². The van der Waals surface area contributed by atoms with Gasteiger partial charge in [0.15, 0.2) is 5.76 Å². The summed E-state index contributed by atoms with van der Waals surface area (Å²) in [7, 11) is 0. The average molecular weight is 192 g/mol. The summed E-state index contributed by atoms with van der Waals surface area (Å²) < 4.78 is 4.91. The van der Waals surface area contributed by atoms with Crippen LogP contribution in [0.3, 0.4) is 0 Å². The van der Waals surface area contributed by atoms with Crippen LogP contribution >= 0.6 is 0 Å². The van der Waals surface area contributed by atoms with Gasteiger partial charge in [0, 0.05) is 0 Å². The SMILES string of the molecule is O=C(NCc1ncn[nH]1)c1ccco1. The Balaban J connectivity index is 1.90.